The van der Waals surface area contributed by atoms with Crippen LogP contribution in [-0.2, 0) is 0 Å². The molecule has 0 amide bonds. The maximum Gasteiger partial charge on any atom is 0.269 e. The Balaban J connectivity index is 1.98. The minimum atomic E-state index is -0.405. The van der Waals surface area contributed by atoms with Crippen LogP contribution >= 0.6 is 0 Å². The Morgan fingerprint density at radius 2 is 1.82 bits per heavy atom. The molecule has 0 radical (unpaired) electrons. The number of nitro groups is 1. The number of piperidine rings is 1. The van der Waals surface area contributed by atoms with E-state index in [1.807, 2.05) is 6.34 Å². The third-order valence-corrected chi connectivity index (χ3v) is 2.82. The van der Waals surface area contributed by atoms with E-state index in [1.165, 1.54) is 31.4 Å². The van der Waals surface area contributed by atoms with Gasteiger partial charge < -0.3 is 4.90 Å². The highest BCUT2D eigenvalue weighted by atomic mass is 16.6. The molecule has 0 aliphatic carbocycles. The topological polar surface area (TPSA) is 58.7 Å². The first-order chi connectivity index (χ1) is 8.25. The lowest BCUT2D eigenvalue weighted by Crippen LogP contribution is -2.27. The molecule has 0 spiro atoms. The molecule has 0 unspecified atom stereocenters. The zero-order valence-corrected chi connectivity index (χ0v) is 9.58. The molecule has 1 aromatic carbocycles. The summed E-state index contributed by atoms with van der Waals surface area (Å²) in [6, 6.07) is 6.28. The fourth-order valence-electron chi connectivity index (χ4n) is 1.84. The lowest BCUT2D eigenvalue weighted by Gasteiger charge is -2.23. The van der Waals surface area contributed by atoms with Gasteiger partial charge in [-0.2, -0.15) is 0 Å². The second kappa shape index (κ2) is 5.43. The molecule has 1 heterocycles. The molecule has 0 aromatic heterocycles. The minimum Gasteiger partial charge on any atom is -0.363 e. The van der Waals surface area contributed by atoms with E-state index in [0.29, 0.717) is 0 Å². The first-order valence-electron chi connectivity index (χ1n) is 5.78. The molecular weight excluding hydrogens is 218 g/mol. The van der Waals surface area contributed by atoms with E-state index in [9.17, 15) is 10.1 Å². The smallest absolute Gasteiger partial charge is 0.269 e. The molecule has 5 nitrogen and oxygen atoms in total. The van der Waals surface area contributed by atoms with Gasteiger partial charge in [0.15, 0.2) is 0 Å². The first-order valence-corrected chi connectivity index (χ1v) is 5.78. The molecule has 17 heavy (non-hydrogen) atoms. The minimum absolute atomic E-state index is 0.0990. The monoisotopic (exact) mass is 233 g/mol. The van der Waals surface area contributed by atoms with Crippen LogP contribution in [0.15, 0.2) is 29.3 Å². The third kappa shape index (κ3) is 3.27. The normalized spacial score (nSPS) is 16.4. The second-order valence-electron chi connectivity index (χ2n) is 4.11. The van der Waals surface area contributed by atoms with E-state index < -0.39 is 4.92 Å². The molecular formula is C12H15N3O2. The highest BCUT2D eigenvalue weighted by molar-refractivity contribution is 5.62. The Kier molecular flexibility index (Phi) is 3.69. The molecule has 90 valence electrons. The van der Waals surface area contributed by atoms with E-state index in [-0.39, 0.29) is 5.69 Å². The van der Waals surface area contributed by atoms with E-state index in [4.69, 9.17) is 0 Å². The van der Waals surface area contributed by atoms with E-state index >= 15 is 0 Å². The van der Waals surface area contributed by atoms with Crippen molar-refractivity contribution in [3.05, 3.63) is 34.4 Å². The number of nitro benzene ring substituents is 1. The summed E-state index contributed by atoms with van der Waals surface area (Å²) in [4.78, 5) is 16.6. The van der Waals surface area contributed by atoms with Crippen molar-refractivity contribution in [3.8, 4) is 0 Å². The number of non-ortho nitro benzene ring substituents is 1. The Hall–Kier alpha value is -1.91. The van der Waals surface area contributed by atoms with Crippen molar-refractivity contribution < 1.29 is 4.92 Å². The Morgan fingerprint density at radius 3 is 2.41 bits per heavy atom. The highest BCUT2D eigenvalue weighted by Crippen LogP contribution is 2.17. The first kappa shape index (κ1) is 11.6. The van der Waals surface area contributed by atoms with Gasteiger partial charge in [-0.3, -0.25) is 10.1 Å². The number of rotatable bonds is 3. The van der Waals surface area contributed by atoms with Gasteiger partial charge in [0.2, 0.25) is 0 Å². The van der Waals surface area contributed by atoms with Crippen molar-refractivity contribution in [3.63, 3.8) is 0 Å². The van der Waals surface area contributed by atoms with E-state index in [0.717, 1.165) is 18.8 Å². The molecule has 1 aromatic rings. The Labute approximate surface area is 99.9 Å². The maximum absolute atomic E-state index is 10.5. The summed E-state index contributed by atoms with van der Waals surface area (Å²) in [6.07, 6.45) is 5.56. The van der Waals surface area contributed by atoms with Gasteiger partial charge in [-0.15, -0.1) is 0 Å². The average Bonchev–Trinajstić information content (AvgIpc) is 2.38. The number of hydrogen-bond donors (Lipinski definition) is 0. The number of aliphatic imine (C=N–C) groups is 1. The fourth-order valence-corrected chi connectivity index (χ4v) is 1.84. The molecule has 0 N–H and O–H groups in total. The van der Waals surface area contributed by atoms with Crippen molar-refractivity contribution in [1.29, 1.82) is 0 Å². The van der Waals surface area contributed by atoms with Crippen molar-refractivity contribution >= 4 is 17.7 Å². The molecule has 5 heteroatoms. The standard InChI is InChI=1S/C12H15N3O2/c16-15(17)12-6-4-11(5-7-12)13-10-14-8-2-1-3-9-14/h4-7,10H,1-3,8-9H2. The fraction of sp³-hybridized carbons (Fsp3) is 0.417. The van der Waals surface area contributed by atoms with Gasteiger partial charge in [0.1, 0.15) is 0 Å². The highest BCUT2D eigenvalue weighted by Gasteiger charge is 2.06. The molecule has 1 aliphatic heterocycles. The Morgan fingerprint density at radius 1 is 1.18 bits per heavy atom. The van der Waals surface area contributed by atoms with Gasteiger partial charge in [-0.25, -0.2) is 4.99 Å². The van der Waals surface area contributed by atoms with Crippen LogP contribution in [0.5, 0.6) is 0 Å². The molecule has 0 atom stereocenters. The third-order valence-electron chi connectivity index (χ3n) is 2.82. The lowest BCUT2D eigenvalue weighted by molar-refractivity contribution is -0.384. The van der Waals surface area contributed by atoms with Crippen molar-refractivity contribution in [1.82, 2.24) is 4.90 Å². The van der Waals surface area contributed by atoms with Crippen LogP contribution in [0.1, 0.15) is 19.3 Å². The molecule has 0 saturated carbocycles. The van der Waals surface area contributed by atoms with Gasteiger partial charge in [-0.1, -0.05) is 0 Å². The van der Waals surface area contributed by atoms with Crippen LogP contribution < -0.4 is 0 Å². The van der Waals surface area contributed by atoms with Crippen molar-refractivity contribution in [2.24, 2.45) is 4.99 Å². The molecule has 2 rings (SSSR count). The van der Waals surface area contributed by atoms with Crippen LogP contribution in [0.2, 0.25) is 0 Å². The molecule has 0 bridgehead atoms. The average molecular weight is 233 g/mol. The summed E-state index contributed by atoms with van der Waals surface area (Å²) in [5.74, 6) is 0. The van der Waals surface area contributed by atoms with Crippen molar-refractivity contribution in [2.45, 2.75) is 19.3 Å². The van der Waals surface area contributed by atoms with E-state index in [2.05, 4.69) is 9.89 Å². The molecule has 1 saturated heterocycles. The summed E-state index contributed by atoms with van der Waals surface area (Å²) < 4.78 is 0. The van der Waals surface area contributed by atoms with Gasteiger partial charge >= 0.3 is 0 Å². The summed E-state index contributed by atoms with van der Waals surface area (Å²) >= 11 is 0. The predicted octanol–water partition coefficient (Wildman–Crippen LogP) is 2.74. The quantitative estimate of drug-likeness (QED) is 0.349. The summed E-state index contributed by atoms with van der Waals surface area (Å²) in [7, 11) is 0. The summed E-state index contributed by atoms with van der Waals surface area (Å²) in [6.45, 7) is 2.10. The SMILES string of the molecule is O=[N+]([O-])c1ccc(N=CN2CCCCC2)cc1. The predicted molar refractivity (Wildman–Crippen MR) is 66.7 cm³/mol. The van der Waals surface area contributed by atoms with Gasteiger partial charge in [0, 0.05) is 25.2 Å². The summed E-state index contributed by atoms with van der Waals surface area (Å²) in [5.41, 5.74) is 0.850. The van der Waals surface area contributed by atoms with Gasteiger partial charge in [0.25, 0.3) is 5.69 Å². The van der Waals surface area contributed by atoms with Crippen molar-refractivity contribution in [2.75, 3.05) is 13.1 Å². The van der Waals surface area contributed by atoms with Crippen LogP contribution in [0.25, 0.3) is 0 Å². The second-order valence-corrected chi connectivity index (χ2v) is 4.11. The number of likely N-dealkylation sites (tertiary alicyclic amines) is 1. The number of benzene rings is 1. The zero-order valence-electron chi connectivity index (χ0n) is 9.58. The van der Waals surface area contributed by atoms with E-state index in [1.54, 1.807) is 12.1 Å². The summed E-state index contributed by atoms with van der Waals surface area (Å²) in [5, 5.41) is 10.5. The van der Waals surface area contributed by atoms with Gasteiger partial charge in [0.05, 0.1) is 16.9 Å². The van der Waals surface area contributed by atoms with Crippen LogP contribution in [-0.4, -0.2) is 29.3 Å². The maximum atomic E-state index is 10.5. The molecule has 1 fully saturated rings. The van der Waals surface area contributed by atoms with Gasteiger partial charge in [-0.05, 0) is 31.4 Å². The van der Waals surface area contributed by atoms with Crippen LogP contribution in [0.4, 0.5) is 11.4 Å². The molecule has 1 aliphatic rings. The lowest BCUT2D eigenvalue weighted by atomic mass is 10.1. The number of hydrogen-bond acceptors (Lipinski definition) is 3. The largest absolute Gasteiger partial charge is 0.363 e. The Bertz CT molecular complexity index is 408. The van der Waals surface area contributed by atoms with Crippen LogP contribution in [0, 0.1) is 10.1 Å². The number of nitrogens with zero attached hydrogens (tertiary/aromatic N) is 3. The zero-order chi connectivity index (χ0) is 12.1. The van der Waals surface area contributed by atoms with Crippen LogP contribution in [0.3, 0.4) is 0 Å².